The molecule has 3 N–H and O–H groups in total. The Labute approximate surface area is 193 Å². The molecule has 9 heteroatoms. The van der Waals surface area contributed by atoms with Crippen molar-refractivity contribution in [1.82, 2.24) is 19.8 Å². The summed E-state index contributed by atoms with van der Waals surface area (Å²) in [5, 5.41) is 13.0. The lowest BCUT2D eigenvalue weighted by Crippen LogP contribution is -2.54. The first-order chi connectivity index (χ1) is 16.0. The molecule has 9 nitrogen and oxygen atoms in total. The van der Waals surface area contributed by atoms with Crippen LogP contribution in [0.3, 0.4) is 0 Å². The van der Waals surface area contributed by atoms with E-state index in [-0.39, 0.29) is 11.8 Å². The highest BCUT2D eigenvalue weighted by Crippen LogP contribution is 2.39. The Morgan fingerprint density at radius 1 is 1.18 bits per heavy atom. The van der Waals surface area contributed by atoms with E-state index in [2.05, 4.69) is 20.0 Å². The van der Waals surface area contributed by atoms with Gasteiger partial charge in [-0.2, -0.15) is 0 Å². The monoisotopic (exact) mass is 450 g/mol. The summed E-state index contributed by atoms with van der Waals surface area (Å²) < 4.78 is 6.33. The Kier molecular flexibility index (Phi) is 5.88. The minimum Gasteiger partial charge on any atom is -0.484 e. The van der Waals surface area contributed by atoms with E-state index in [1.807, 2.05) is 29.2 Å². The van der Waals surface area contributed by atoms with Crippen molar-refractivity contribution >= 4 is 17.4 Å². The number of amides is 1. The van der Waals surface area contributed by atoms with E-state index >= 15 is 0 Å². The summed E-state index contributed by atoms with van der Waals surface area (Å²) >= 11 is 0. The summed E-state index contributed by atoms with van der Waals surface area (Å²) in [7, 11) is 0. The van der Waals surface area contributed by atoms with Gasteiger partial charge in [0.1, 0.15) is 28.6 Å². The van der Waals surface area contributed by atoms with Gasteiger partial charge in [0.15, 0.2) is 0 Å². The molecule has 2 aromatic heterocycles. The van der Waals surface area contributed by atoms with Gasteiger partial charge in [-0.05, 0) is 55.8 Å². The Bertz CT molecular complexity index is 1040. The molecular weight excluding hydrogens is 420 g/mol. The predicted octanol–water partition coefficient (Wildman–Crippen LogP) is 2.29. The number of nitrogen functional groups attached to an aromatic ring is 1. The summed E-state index contributed by atoms with van der Waals surface area (Å²) in [5.74, 6) is 1.52. The van der Waals surface area contributed by atoms with E-state index in [1.54, 1.807) is 12.4 Å². The number of oxime groups is 1. The minimum atomic E-state index is -0.440. The highest BCUT2D eigenvalue weighted by molar-refractivity contribution is 6.02. The van der Waals surface area contributed by atoms with Crippen molar-refractivity contribution in [1.29, 1.82) is 0 Å². The number of anilines is 1. The molecule has 5 rings (SSSR count). The standard InChI is InChI=1S/C24H30N6O3/c25-21-14-17(3-9-26-21)16-29-10-4-18(5-11-29)23(31)30-12-6-24(7-13-30)15-19(28-32)22-20(33-24)2-1-8-27-22/h1-3,8-9,14,18,32H,4-7,10-13,15-16H2,(H2,25,26)/b28-19-. The summed E-state index contributed by atoms with van der Waals surface area (Å²) in [6.45, 7) is 3.95. The molecule has 3 aliphatic rings. The van der Waals surface area contributed by atoms with Crippen LogP contribution in [-0.2, 0) is 11.3 Å². The van der Waals surface area contributed by atoms with Crippen LogP contribution in [0.5, 0.6) is 5.75 Å². The fraction of sp³-hybridized carbons (Fsp3) is 0.500. The maximum absolute atomic E-state index is 13.2. The first-order valence-corrected chi connectivity index (χ1v) is 11.6. The summed E-state index contributed by atoms with van der Waals surface area (Å²) in [5.41, 5.74) is 7.66. The Hall–Kier alpha value is -3.20. The number of likely N-dealkylation sites (tertiary alicyclic amines) is 2. The zero-order valence-corrected chi connectivity index (χ0v) is 18.7. The predicted molar refractivity (Wildman–Crippen MR) is 123 cm³/mol. The highest BCUT2D eigenvalue weighted by atomic mass is 16.5. The average molecular weight is 451 g/mol. The van der Waals surface area contributed by atoms with Gasteiger partial charge in [-0.15, -0.1) is 0 Å². The molecule has 0 saturated carbocycles. The molecule has 1 spiro atoms. The number of aromatic nitrogens is 2. The van der Waals surface area contributed by atoms with Crippen LogP contribution in [0.25, 0.3) is 0 Å². The Morgan fingerprint density at radius 3 is 2.70 bits per heavy atom. The largest absolute Gasteiger partial charge is 0.484 e. The summed E-state index contributed by atoms with van der Waals surface area (Å²) in [6, 6.07) is 7.59. The fourth-order valence-electron chi connectivity index (χ4n) is 5.29. The number of pyridine rings is 2. The normalized spacial score (nSPS) is 22.2. The second kappa shape index (κ2) is 8.97. The molecule has 33 heavy (non-hydrogen) atoms. The van der Waals surface area contributed by atoms with Gasteiger partial charge < -0.3 is 20.6 Å². The van der Waals surface area contributed by atoms with E-state index in [0.717, 1.165) is 38.0 Å². The lowest BCUT2D eigenvalue weighted by atomic mass is 9.82. The third-order valence-electron chi connectivity index (χ3n) is 7.16. The van der Waals surface area contributed by atoms with Crippen LogP contribution in [-0.4, -0.2) is 68.4 Å². The van der Waals surface area contributed by atoms with Gasteiger partial charge in [0, 0.05) is 57.2 Å². The molecule has 2 saturated heterocycles. The van der Waals surface area contributed by atoms with Gasteiger partial charge in [-0.25, -0.2) is 4.98 Å². The molecule has 0 bridgehead atoms. The van der Waals surface area contributed by atoms with E-state index in [1.165, 1.54) is 0 Å². The highest BCUT2D eigenvalue weighted by Gasteiger charge is 2.44. The van der Waals surface area contributed by atoms with Gasteiger partial charge >= 0.3 is 0 Å². The lowest BCUT2D eigenvalue weighted by molar-refractivity contribution is -0.140. The molecule has 0 aromatic carbocycles. The number of carbonyl (C=O) groups excluding carboxylic acids is 1. The van der Waals surface area contributed by atoms with Gasteiger partial charge in [0.05, 0.1) is 0 Å². The molecule has 0 radical (unpaired) electrons. The number of nitrogens with zero attached hydrogens (tertiary/aromatic N) is 5. The number of fused-ring (bicyclic) bond motifs is 1. The maximum atomic E-state index is 13.2. The van der Waals surface area contributed by atoms with Crippen molar-refractivity contribution in [2.75, 3.05) is 31.9 Å². The summed E-state index contributed by atoms with van der Waals surface area (Å²) in [4.78, 5) is 25.9. The maximum Gasteiger partial charge on any atom is 0.225 e. The summed E-state index contributed by atoms with van der Waals surface area (Å²) in [6.07, 6.45) is 7.10. The first kappa shape index (κ1) is 21.6. The molecule has 2 fully saturated rings. The average Bonchev–Trinajstić information content (AvgIpc) is 2.84. The molecular formula is C24H30N6O3. The van der Waals surface area contributed by atoms with E-state index in [0.29, 0.717) is 55.3 Å². The smallest absolute Gasteiger partial charge is 0.225 e. The molecule has 2 aromatic rings. The third kappa shape index (κ3) is 4.50. The first-order valence-electron chi connectivity index (χ1n) is 11.6. The van der Waals surface area contributed by atoms with Gasteiger partial charge in [-0.1, -0.05) is 5.16 Å². The van der Waals surface area contributed by atoms with Crippen LogP contribution in [0.4, 0.5) is 5.82 Å². The molecule has 5 heterocycles. The number of rotatable bonds is 3. The number of hydrogen-bond donors (Lipinski definition) is 2. The molecule has 0 atom stereocenters. The van der Waals surface area contributed by atoms with Crippen LogP contribution < -0.4 is 10.5 Å². The number of hydrogen-bond acceptors (Lipinski definition) is 8. The third-order valence-corrected chi connectivity index (χ3v) is 7.16. The number of nitrogens with two attached hydrogens (primary N) is 1. The SMILES string of the molecule is Nc1cc(CN2CCC(C(=O)N3CCC4(CC3)C/C(=N/O)c3ncccc3O4)CC2)ccn1. The fourth-order valence-corrected chi connectivity index (χ4v) is 5.29. The van der Waals surface area contributed by atoms with E-state index in [4.69, 9.17) is 10.5 Å². The van der Waals surface area contributed by atoms with Gasteiger partial charge in [0.25, 0.3) is 0 Å². The van der Waals surface area contributed by atoms with Crippen LogP contribution >= 0.6 is 0 Å². The second-order valence-corrected chi connectivity index (χ2v) is 9.32. The van der Waals surface area contributed by atoms with Crippen LogP contribution in [0.1, 0.15) is 43.4 Å². The quantitative estimate of drug-likeness (QED) is 0.544. The molecule has 3 aliphatic heterocycles. The van der Waals surface area contributed by atoms with Crippen LogP contribution in [0, 0.1) is 5.92 Å². The Morgan fingerprint density at radius 2 is 1.97 bits per heavy atom. The van der Waals surface area contributed by atoms with Crippen LogP contribution in [0.15, 0.2) is 41.8 Å². The zero-order chi connectivity index (χ0) is 22.8. The van der Waals surface area contributed by atoms with Crippen molar-refractivity contribution in [3.8, 4) is 5.75 Å². The van der Waals surface area contributed by atoms with Crippen molar-refractivity contribution < 1.29 is 14.7 Å². The number of ether oxygens (including phenoxy) is 1. The molecule has 0 unspecified atom stereocenters. The Balaban J connectivity index is 1.15. The lowest BCUT2D eigenvalue weighted by Gasteiger charge is -2.45. The molecule has 0 aliphatic carbocycles. The minimum absolute atomic E-state index is 0.0737. The van der Waals surface area contributed by atoms with Crippen molar-refractivity contribution in [2.45, 2.75) is 44.2 Å². The van der Waals surface area contributed by atoms with Crippen LogP contribution in [0.2, 0.25) is 0 Å². The topological polar surface area (TPSA) is 117 Å². The second-order valence-electron chi connectivity index (χ2n) is 9.32. The van der Waals surface area contributed by atoms with Crippen molar-refractivity contribution in [3.63, 3.8) is 0 Å². The van der Waals surface area contributed by atoms with E-state index < -0.39 is 5.60 Å². The van der Waals surface area contributed by atoms with Crippen molar-refractivity contribution in [3.05, 3.63) is 47.9 Å². The molecule has 174 valence electrons. The molecule has 1 amide bonds. The van der Waals surface area contributed by atoms with Crippen molar-refractivity contribution in [2.24, 2.45) is 11.1 Å². The van der Waals surface area contributed by atoms with E-state index in [9.17, 15) is 10.0 Å². The number of piperidine rings is 2. The number of carbonyl (C=O) groups is 1. The van der Waals surface area contributed by atoms with Gasteiger partial charge in [-0.3, -0.25) is 14.7 Å². The van der Waals surface area contributed by atoms with Gasteiger partial charge in [0.2, 0.25) is 5.91 Å². The zero-order valence-electron chi connectivity index (χ0n) is 18.7.